The Morgan fingerprint density at radius 1 is 1.23 bits per heavy atom. The molecular weight excluding hydrogens is 655 g/mol. The van der Waals surface area contributed by atoms with E-state index in [2.05, 4.69) is 36.1 Å². The minimum atomic E-state index is -1.57. The summed E-state index contributed by atoms with van der Waals surface area (Å²) in [7, 11) is 1.65. The number of hydrogen-bond acceptors (Lipinski definition) is 13. The number of fused-ring (bicyclic) bond motifs is 1. The minimum absolute atomic E-state index is 0.120. The Balaban J connectivity index is 1.25. The molecule has 6 rings (SSSR count). The van der Waals surface area contributed by atoms with Gasteiger partial charge in [0.05, 0.1) is 6.20 Å². The molecule has 20 heteroatoms. The molecule has 2 aliphatic heterocycles. The fourth-order valence-corrected chi connectivity index (χ4v) is 7.53. The lowest BCUT2D eigenvalue weighted by Crippen LogP contribution is -2.71. The number of tetrazole rings is 1. The van der Waals surface area contributed by atoms with Crippen molar-refractivity contribution >= 4 is 59.0 Å². The summed E-state index contributed by atoms with van der Waals surface area (Å²) in [4.78, 5) is 74.4. The SMILES string of the molecule is Cn1nnnc1SCC1=C(C(=O)O)N2C(=O)C(NC(=O)C(c3ccc(O)cc3)N(C(N)=O)c3cnc(NCC4CC4)[nH]c3=O)[C@@H]2SC1. The van der Waals surface area contributed by atoms with E-state index in [1.807, 2.05) is 0 Å². The third-order valence-corrected chi connectivity index (χ3v) is 10.2. The van der Waals surface area contributed by atoms with Crippen LogP contribution in [0.1, 0.15) is 24.4 Å². The van der Waals surface area contributed by atoms with Crippen molar-refractivity contribution in [2.24, 2.45) is 18.7 Å². The van der Waals surface area contributed by atoms with Crippen molar-refractivity contribution in [3.8, 4) is 5.75 Å². The number of carboxylic acid groups (broad SMARTS) is 1. The molecule has 4 heterocycles. The van der Waals surface area contributed by atoms with Crippen molar-refractivity contribution in [1.82, 2.24) is 40.4 Å². The first-order chi connectivity index (χ1) is 22.5. The Bertz CT molecular complexity index is 1830. The fourth-order valence-electron chi connectivity index (χ4n) is 5.19. The summed E-state index contributed by atoms with van der Waals surface area (Å²) in [6, 6.07) is 1.43. The van der Waals surface area contributed by atoms with Crippen LogP contribution in [0.15, 0.2) is 51.7 Å². The molecule has 1 aromatic carbocycles. The Morgan fingerprint density at radius 2 is 1.98 bits per heavy atom. The molecule has 1 aliphatic carbocycles. The third kappa shape index (κ3) is 6.45. The number of amides is 4. The normalized spacial score (nSPS) is 19.4. The number of primary amides is 1. The van der Waals surface area contributed by atoms with E-state index in [-0.39, 0.29) is 40.2 Å². The average molecular weight is 684 g/mol. The number of anilines is 2. The molecule has 2 aromatic heterocycles. The predicted octanol–water partition coefficient (Wildman–Crippen LogP) is -0.0218. The molecule has 3 aromatic rings. The average Bonchev–Trinajstić information content (AvgIpc) is 3.79. The van der Waals surface area contributed by atoms with Gasteiger partial charge in [-0.3, -0.25) is 29.2 Å². The van der Waals surface area contributed by atoms with Gasteiger partial charge in [-0.05, 0) is 52.5 Å². The number of aryl methyl sites for hydroxylation is 1. The van der Waals surface area contributed by atoms with Crippen molar-refractivity contribution in [1.29, 1.82) is 0 Å². The van der Waals surface area contributed by atoms with Crippen molar-refractivity contribution in [2.75, 3.05) is 28.3 Å². The second-order valence-electron chi connectivity index (χ2n) is 11.0. The van der Waals surface area contributed by atoms with E-state index in [0.717, 1.165) is 28.8 Å². The molecule has 18 nitrogen and oxygen atoms in total. The molecule has 0 spiro atoms. The van der Waals surface area contributed by atoms with Crippen molar-refractivity contribution in [3.63, 3.8) is 0 Å². The van der Waals surface area contributed by atoms with Crippen LogP contribution in [0.5, 0.6) is 5.75 Å². The van der Waals surface area contributed by atoms with Crippen LogP contribution in [-0.2, 0) is 21.4 Å². The van der Waals surface area contributed by atoms with Crippen LogP contribution in [-0.4, -0.2) is 98.6 Å². The zero-order valence-electron chi connectivity index (χ0n) is 24.7. The number of aliphatic carboxylic acids is 1. The van der Waals surface area contributed by atoms with Gasteiger partial charge in [0.15, 0.2) is 0 Å². The number of nitrogens with one attached hydrogen (secondary N) is 3. The van der Waals surface area contributed by atoms with Crippen LogP contribution in [0.25, 0.3) is 0 Å². The topological polar surface area (TPSA) is 255 Å². The molecule has 47 heavy (non-hydrogen) atoms. The zero-order chi connectivity index (χ0) is 33.4. The van der Waals surface area contributed by atoms with Crippen LogP contribution >= 0.6 is 23.5 Å². The van der Waals surface area contributed by atoms with Gasteiger partial charge in [-0.2, -0.15) is 0 Å². The highest BCUT2D eigenvalue weighted by atomic mass is 32.2. The number of H-pyrrole nitrogens is 1. The van der Waals surface area contributed by atoms with Gasteiger partial charge < -0.3 is 26.6 Å². The number of hydrogen-bond donors (Lipinski definition) is 6. The lowest BCUT2D eigenvalue weighted by atomic mass is 10.00. The minimum Gasteiger partial charge on any atom is -0.508 e. The van der Waals surface area contributed by atoms with Crippen LogP contribution in [0.3, 0.4) is 0 Å². The number of carbonyl (C=O) groups excluding carboxylic acids is 3. The van der Waals surface area contributed by atoms with Gasteiger partial charge in [0, 0.05) is 25.1 Å². The number of nitrogens with zero attached hydrogens (tertiary/aromatic N) is 7. The van der Waals surface area contributed by atoms with E-state index in [0.29, 0.717) is 23.2 Å². The van der Waals surface area contributed by atoms with Crippen molar-refractivity contribution in [2.45, 2.75) is 35.5 Å². The maximum Gasteiger partial charge on any atom is 0.352 e. The van der Waals surface area contributed by atoms with E-state index >= 15 is 0 Å². The number of aromatic nitrogens is 6. The Labute approximate surface area is 274 Å². The first-order valence-electron chi connectivity index (χ1n) is 14.3. The van der Waals surface area contributed by atoms with E-state index in [9.17, 15) is 34.2 Å². The maximum absolute atomic E-state index is 14.0. The van der Waals surface area contributed by atoms with Crippen molar-refractivity contribution < 1.29 is 29.4 Å². The van der Waals surface area contributed by atoms with Gasteiger partial charge in [0.2, 0.25) is 17.0 Å². The van der Waals surface area contributed by atoms with Gasteiger partial charge >= 0.3 is 12.0 Å². The molecule has 0 radical (unpaired) electrons. The van der Waals surface area contributed by atoms with Crippen LogP contribution in [0.2, 0.25) is 0 Å². The number of phenolic OH excluding ortho intramolecular Hbond substituents is 1. The summed E-state index contributed by atoms with van der Waals surface area (Å²) in [5.41, 5.74) is 5.12. The van der Waals surface area contributed by atoms with E-state index in [4.69, 9.17) is 5.73 Å². The van der Waals surface area contributed by atoms with Gasteiger partial charge in [0.25, 0.3) is 11.5 Å². The standard InChI is InChI=1S/C27H29N11O7S2/c1-36-27(33-34-35-36)47-11-14-10-46-23-17(22(42)38(23)19(14)24(43)44)31-21(41)18(13-4-6-15(39)7-5-13)37(25(28)45)16-9-30-26(32-20(16)40)29-8-12-2-3-12/h4-7,9,12,17-18,23,39H,2-3,8,10-11H2,1H3,(H2,28,45)(H,31,41)(H,43,44)(H2,29,30,32,40)/t17?,18?,23-/m0/s1. The summed E-state index contributed by atoms with van der Waals surface area (Å²) in [6.45, 7) is 0.615. The van der Waals surface area contributed by atoms with E-state index in [1.165, 1.54) is 52.5 Å². The maximum atomic E-state index is 14.0. The number of benzene rings is 1. The highest BCUT2D eigenvalue weighted by Crippen LogP contribution is 2.42. The predicted molar refractivity (Wildman–Crippen MR) is 168 cm³/mol. The molecule has 3 atom stereocenters. The number of nitrogens with two attached hydrogens (primary N) is 1. The molecule has 2 fully saturated rings. The molecule has 4 amide bonds. The molecule has 1 saturated carbocycles. The lowest BCUT2D eigenvalue weighted by Gasteiger charge is -2.49. The molecule has 246 valence electrons. The number of β-lactam (4-membered cyclic amide) rings is 1. The highest BCUT2D eigenvalue weighted by molar-refractivity contribution is 8.01. The number of carboxylic acids is 1. The second kappa shape index (κ2) is 12.9. The first-order valence-corrected chi connectivity index (χ1v) is 16.3. The summed E-state index contributed by atoms with van der Waals surface area (Å²) in [5.74, 6) is -1.83. The zero-order valence-corrected chi connectivity index (χ0v) is 26.3. The van der Waals surface area contributed by atoms with Gasteiger partial charge in [-0.15, -0.1) is 16.9 Å². The first kappa shape index (κ1) is 31.9. The van der Waals surface area contributed by atoms with Crippen molar-refractivity contribution in [3.05, 3.63) is 57.6 Å². The molecule has 2 unspecified atom stereocenters. The summed E-state index contributed by atoms with van der Waals surface area (Å²) in [5, 5.41) is 36.5. The summed E-state index contributed by atoms with van der Waals surface area (Å²) >= 11 is 2.48. The molecule has 3 aliphatic rings. The summed E-state index contributed by atoms with van der Waals surface area (Å²) < 4.78 is 1.44. The lowest BCUT2D eigenvalue weighted by molar-refractivity contribution is -0.150. The molecule has 0 bridgehead atoms. The number of urea groups is 1. The van der Waals surface area contributed by atoms with Gasteiger partial charge in [-0.25, -0.2) is 19.3 Å². The molecular formula is C27H29N11O7S2. The quantitative estimate of drug-likeness (QED) is 0.108. The third-order valence-electron chi connectivity index (χ3n) is 7.75. The Hall–Kier alpha value is -5.11. The largest absolute Gasteiger partial charge is 0.508 e. The van der Waals surface area contributed by atoms with Gasteiger partial charge in [-0.1, -0.05) is 23.9 Å². The van der Waals surface area contributed by atoms with E-state index < -0.39 is 46.8 Å². The highest BCUT2D eigenvalue weighted by Gasteiger charge is 2.55. The van der Waals surface area contributed by atoms with Crippen LogP contribution < -0.4 is 26.8 Å². The Morgan fingerprint density at radius 3 is 2.60 bits per heavy atom. The van der Waals surface area contributed by atoms with Crippen LogP contribution in [0, 0.1) is 5.92 Å². The number of rotatable bonds is 12. The molecule has 7 N–H and O–H groups in total. The fraction of sp³-hybridized carbons (Fsp3) is 0.370. The molecule has 1 saturated heterocycles. The number of phenols is 1. The smallest absolute Gasteiger partial charge is 0.352 e. The monoisotopic (exact) mass is 683 g/mol. The van der Waals surface area contributed by atoms with Crippen LogP contribution in [0.4, 0.5) is 16.4 Å². The number of carbonyl (C=O) groups is 4. The van der Waals surface area contributed by atoms with Gasteiger partial charge in [0.1, 0.15) is 34.6 Å². The number of aromatic hydroxyl groups is 1. The Kier molecular flexibility index (Phi) is 8.78. The second-order valence-corrected chi connectivity index (χ2v) is 13.0. The summed E-state index contributed by atoms with van der Waals surface area (Å²) in [6.07, 6.45) is 3.27. The number of aromatic amines is 1. The number of thioether (sulfide) groups is 2. The van der Waals surface area contributed by atoms with E-state index in [1.54, 1.807) is 7.05 Å².